The Labute approximate surface area is 127 Å². The minimum Gasteiger partial charge on any atom is -0.388 e. The van der Waals surface area contributed by atoms with Crippen molar-refractivity contribution in [3.8, 4) is 0 Å². The summed E-state index contributed by atoms with van der Waals surface area (Å²) in [5.41, 5.74) is -0.431. The Balaban J connectivity index is 2.65. The lowest BCUT2D eigenvalue weighted by Gasteiger charge is -2.25. The predicted molar refractivity (Wildman–Crippen MR) is 81.6 cm³/mol. The number of benzene rings is 1. The largest absolute Gasteiger partial charge is 0.388 e. The lowest BCUT2D eigenvalue weighted by Crippen LogP contribution is -2.41. The number of hydrogen-bond acceptors (Lipinski definition) is 2. The smallest absolute Gasteiger partial charge is 0.251 e. The van der Waals surface area contributed by atoms with Crippen LogP contribution in [0.25, 0.3) is 0 Å². The fraction of sp³-hybridized carbons (Fsp3) is 0.500. The molecule has 1 atom stereocenters. The van der Waals surface area contributed by atoms with E-state index in [2.05, 4.69) is 21.2 Å². The Kier molecular flexibility index (Phi) is 5.83. The Bertz CT molecular complexity index is 441. The zero-order chi connectivity index (χ0) is 14.6. The third kappa shape index (κ3) is 5.93. The first-order valence-corrected chi connectivity index (χ1v) is 7.33. The minimum absolute atomic E-state index is 0.216. The van der Waals surface area contributed by atoms with Gasteiger partial charge in [-0.15, -0.1) is 0 Å². The molecule has 0 aliphatic rings. The molecule has 0 fully saturated rings. The van der Waals surface area contributed by atoms with Crippen LogP contribution in [0.5, 0.6) is 0 Å². The topological polar surface area (TPSA) is 49.3 Å². The maximum absolute atomic E-state index is 12.0. The third-order valence-corrected chi connectivity index (χ3v) is 3.28. The highest BCUT2D eigenvalue weighted by Crippen LogP contribution is 2.20. The number of carbonyl (C=O) groups is 1. The fourth-order valence-electron chi connectivity index (χ4n) is 2.01. The maximum atomic E-state index is 12.0. The van der Waals surface area contributed by atoms with Gasteiger partial charge < -0.3 is 10.4 Å². The van der Waals surface area contributed by atoms with Crippen molar-refractivity contribution in [1.29, 1.82) is 0 Å². The molecular weight excluding hydrogens is 330 g/mol. The summed E-state index contributed by atoms with van der Waals surface area (Å²) < 4.78 is 0.749. The van der Waals surface area contributed by atoms with Crippen LogP contribution in [-0.4, -0.2) is 23.2 Å². The standard InChI is InChI=1S/C14H19BrClNO2/c1-9(2)7-14(3,19)8-17-13(18)10-4-11(15)6-12(16)5-10/h4-6,9,19H,7-8H2,1-3H3,(H,17,18). The van der Waals surface area contributed by atoms with Gasteiger partial charge in [0.1, 0.15) is 0 Å². The second kappa shape index (κ2) is 6.73. The van der Waals surface area contributed by atoms with Crippen LogP contribution in [-0.2, 0) is 0 Å². The summed E-state index contributed by atoms with van der Waals surface area (Å²) in [5.74, 6) is 0.124. The molecule has 3 nitrogen and oxygen atoms in total. The van der Waals surface area contributed by atoms with Gasteiger partial charge in [0.2, 0.25) is 0 Å². The first-order valence-electron chi connectivity index (χ1n) is 6.16. The summed E-state index contributed by atoms with van der Waals surface area (Å²) in [5, 5.41) is 13.4. The molecule has 2 N–H and O–H groups in total. The van der Waals surface area contributed by atoms with Crippen LogP contribution in [0.1, 0.15) is 37.6 Å². The number of nitrogens with one attached hydrogen (secondary N) is 1. The number of carbonyl (C=O) groups excluding carboxylic acids is 1. The van der Waals surface area contributed by atoms with Crippen LogP contribution in [0, 0.1) is 5.92 Å². The number of rotatable bonds is 5. The molecule has 0 saturated carbocycles. The molecular formula is C14H19BrClNO2. The predicted octanol–water partition coefficient (Wildman–Crippen LogP) is 3.63. The lowest BCUT2D eigenvalue weighted by molar-refractivity contribution is 0.0368. The summed E-state index contributed by atoms with van der Waals surface area (Å²) in [7, 11) is 0. The first-order chi connectivity index (χ1) is 8.69. The quantitative estimate of drug-likeness (QED) is 0.853. The molecule has 0 aliphatic heterocycles. The van der Waals surface area contributed by atoms with Crippen molar-refractivity contribution in [3.63, 3.8) is 0 Å². The van der Waals surface area contributed by atoms with Gasteiger partial charge in [-0.05, 0) is 37.5 Å². The van der Waals surface area contributed by atoms with E-state index >= 15 is 0 Å². The number of hydrogen-bond donors (Lipinski definition) is 2. The molecule has 0 saturated heterocycles. The van der Waals surface area contributed by atoms with E-state index in [1.54, 1.807) is 25.1 Å². The fourth-order valence-corrected chi connectivity index (χ4v) is 2.87. The van der Waals surface area contributed by atoms with Crippen LogP contribution in [0.3, 0.4) is 0 Å². The lowest BCUT2D eigenvalue weighted by atomic mass is 9.94. The summed E-state index contributed by atoms with van der Waals surface area (Å²) in [6, 6.07) is 5.00. The molecule has 0 aromatic heterocycles. The molecule has 1 rings (SSSR count). The number of amides is 1. The van der Waals surface area contributed by atoms with Gasteiger partial charge in [0.15, 0.2) is 0 Å². The molecule has 0 bridgehead atoms. The van der Waals surface area contributed by atoms with Crippen molar-refractivity contribution in [1.82, 2.24) is 5.32 Å². The molecule has 1 amide bonds. The summed E-state index contributed by atoms with van der Waals surface area (Å²) >= 11 is 9.18. The Morgan fingerprint density at radius 3 is 2.63 bits per heavy atom. The molecule has 1 aromatic carbocycles. The van der Waals surface area contributed by atoms with E-state index in [9.17, 15) is 9.90 Å². The molecule has 19 heavy (non-hydrogen) atoms. The number of aliphatic hydroxyl groups is 1. The minimum atomic E-state index is -0.903. The second-order valence-corrected chi connectivity index (χ2v) is 6.79. The van der Waals surface area contributed by atoms with E-state index in [0.717, 1.165) is 4.47 Å². The molecule has 0 heterocycles. The Hall–Kier alpha value is -0.580. The van der Waals surface area contributed by atoms with Gasteiger partial charge in [-0.1, -0.05) is 41.4 Å². The zero-order valence-electron chi connectivity index (χ0n) is 11.3. The molecule has 0 aliphatic carbocycles. The van der Waals surface area contributed by atoms with Crippen LogP contribution in [0.4, 0.5) is 0 Å². The molecule has 1 unspecified atom stereocenters. The third-order valence-electron chi connectivity index (χ3n) is 2.60. The van der Waals surface area contributed by atoms with Gasteiger partial charge in [0.05, 0.1) is 5.60 Å². The molecule has 0 spiro atoms. The Morgan fingerprint density at radius 2 is 2.11 bits per heavy atom. The molecule has 1 aromatic rings. The van der Waals surface area contributed by atoms with Gasteiger partial charge in [-0.25, -0.2) is 0 Å². The van der Waals surface area contributed by atoms with Gasteiger partial charge in [-0.3, -0.25) is 4.79 Å². The van der Waals surface area contributed by atoms with E-state index in [-0.39, 0.29) is 12.5 Å². The van der Waals surface area contributed by atoms with Crippen molar-refractivity contribution in [2.75, 3.05) is 6.54 Å². The van der Waals surface area contributed by atoms with Gasteiger partial charge in [0.25, 0.3) is 5.91 Å². The highest BCUT2D eigenvalue weighted by Gasteiger charge is 2.22. The monoisotopic (exact) mass is 347 g/mol. The van der Waals surface area contributed by atoms with Crippen molar-refractivity contribution in [2.24, 2.45) is 5.92 Å². The van der Waals surface area contributed by atoms with E-state index in [0.29, 0.717) is 22.9 Å². The van der Waals surface area contributed by atoms with Crippen molar-refractivity contribution in [2.45, 2.75) is 32.8 Å². The van der Waals surface area contributed by atoms with E-state index in [4.69, 9.17) is 11.6 Å². The zero-order valence-corrected chi connectivity index (χ0v) is 13.7. The highest BCUT2D eigenvalue weighted by molar-refractivity contribution is 9.10. The van der Waals surface area contributed by atoms with Gasteiger partial charge >= 0.3 is 0 Å². The first kappa shape index (κ1) is 16.5. The van der Waals surface area contributed by atoms with Crippen LogP contribution >= 0.6 is 27.5 Å². The summed E-state index contributed by atoms with van der Waals surface area (Å²) in [6.07, 6.45) is 0.631. The van der Waals surface area contributed by atoms with E-state index in [1.807, 2.05) is 13.8 Å². The molecule has 106 valence electrons. The van der Waals surface area contributed by atoms with Crippen LogP contribution in [0.2, 0.25) is 5.02 Å². The van der Waals surface area contributed by atoms with Crippen molar-refractivity contribution < 1.29 is 9.90 Å². The van der Waals surface area contributed by atoms with E-state index < -0.39 is 5.60 Å². The Morgan fingerprint density at radius 1 is 1.47 bits per heavy atom. The van der Waals surface area contributed by atoms with E-state index in [1.165, 1.54) is 0 Å². The average Bonchev–Trinajstić information content (AvgIpc) is 2.22. The summed E-state index contributed by atoms with van der Waals surface area (Å²) in [6.45, 7) is 6.00. The highest BCUT2D eigenvalue weighted by atomic mass is 79.9. The van der Waals surface area contributed by atoms with Crippen LogP contribution < -0.4 is 5.32 Å². The molecule has 5 heteroatoms. The molecule has 0 radical (unpaired) electrons. The van der Waals surface area contributed by atoms with Gasteiger partial charge in [0, 0.05) is 21.6 Å². The SMILES string of the molecule is CC(C)CC(C)(O)CNC(=O)c1cc(Cl)cc(Br)c1. The van der Waals surface area contributed by atoms with Gasteiger partial charge in [-0.2, -0.15) is 0 Å². The van der Waals surface area contributed by atoms with Crippen LogP contribution in [0.15, 0.2) is 22.7 Å². The summed E-state index contributed by atoms with van der Waals surface area (Å²) in [4.78, 5) is 12.0. The number of halogens is 2. The second-order valence-electron chi connectivity index (χ2n) is 5.44. The normalized spacial score (nSPS) is 14.3. The van der Waals surface area contributed by atoms with Crippen molar-refractivity contribution in [3.05, 3.63) is 33.3 Å². The maximum Gasteiger partial charge on any atom is 0.251 e. The average molecular weight is 349 g/mol. The van der Waals surface area contributed by atoms with Crippen molar-refractivity contribution >= 4 is 33.4 Å².